The Bertz CT molecular complexity index is 1550. The Morgan fingerprint density at radius 1 is 1.14 bits per heavy atom. The summed E-state index contributed by atoms with van der Waals surface area (Å²) >= 11 is 0. The number of carbonyl (C=O) groups is 2. The third-order valence-electron chi connectivity index (χ3n) is 6.47. The van der Waals surface area contributed by atoms with Gasteiger partial charge in [-0.2, -0.15) is 5.26 Å². The number of likely N-dealkylation sites (N-methyl/N-ethyl adjacent to an activating group) is 1. The molecule has 3 aromatic carbocycles. The number of aryl methyl sites for hydroxylation is 1. The van der Waals surface area contributed by atoms with Gasteiger partial charge < -0.3 is 19.5 Å². The number of nitrogens with zero attached hydrogens (tertiary/aromatic N) is 3. The summed E-state index contributed by atoms with van der Waals surface area (Å²) in [5, 5.41) is 19.1. The van der Waals surface area contributed by atoms with Crippen LogP contribution in [0.25, 0.3) is 10.9 Å². The molecule has 5 rings (SSSR count). The van der Waals surface area contributed by atoms with E-state index < -0.39 is 5.97 Å². The summed E-state index contributed by atoms with van der Waals surface area (Å²) in [7, 11) is 1.97. The number of carboxylic acid groups (broad SMARTS) is 1. The van der Waals surface area contributed by atoms with Crippen LogP contribution in [0, 0.1) is 18.3 Å². The summed E-state index contributed by atoms with van der Waals surface area (Å²) in [6, 6.07) is 21.6. The number of aliphatic carboxylic acids is 1. The SMILES string of the molecule is Cc1cc2c(CC(=O)O)cccc2n1C(=O)c1ccc(OCC2CN(C)c3ccc(C#N)cc3O2)cc1. The lowest BCUT2D eigenvalue weighted by Gasteiger charge is -2.33. The number of hydrogen-bond donors (Lipinski definition) is 1. The van der Waals surface area contributed by atoms with E-state index in [1.165, 1.54) is 0 Å². The topological polar surface area (TPSA) is 105 Å². The van der Waals surface area contributed by atoms with E-state index in [2.05, 4.69) is 11.0 Å². The molecule has 0 radical (unpaired) electrons. The Kier molecular flexibility index (Phi) is 6.28. The molecule has 1 aliphatic heterocycles. The average Bonchev–Trinajstić information content (AvgIpc) is 3.23. The number of hydrogen-bond acceptors (Lipinski definition) is 6. The molecule has 4 aromatic rings. The maximum absolute atomic E-state index is 13.4. The van der Waals surface area contributed by atoms with Gasteiger partial charge in [0.25, 0.3) is 5.91 Å². The summed E-state index contributed by atoms with van der Waals surface area (Å²) < 4.78 is 13.6. The van der Waals surface area contributed by atoms with Crippen molar-refractivity contribution >= 4 is 28.5 Å². The van der Waals surface area contributed by atoms with Crippen molar-refractivity contribution in [2.75, 3.05) is 25.1 Å². The number of ether oxygens (including phenoxy) is 2. The number of carbonyl (C=O) groups excluding carboxylic acids is 1. The highest BCUT2D eigenvalue weighted by atomic mass is 16.5. The van der Waals surface area contributed by atoms with E-state index in [1.54, 1.807) is 53.1 Å². The van der Waals surface area contributed by atoms with Crippen molar-refractivity contribution in [1.82, 2.24) is 4.57 Å². The minimum atomic E-state index is -0.916. The van der Waals surface area contributed by atoms with Crippen LogP contribution in [0.15, 0.2) is 66.7 Å². The lowest BCUT2D eigenvalue weighted by atomic mass is 10.1. The number of anilines is 1. The molecule has 1 aliphatic rings. The summed E-state index contributed by atoms with van der Waals surface area (Å²) in [4.78, 5) is 26.7. The van der Waals surface area contributed by atoms with Crippen molar-refractivity contribution in [3.63, 3.8) is 0 Å². The van der Waals surface area contributed by atoms with Gasteiger partial charge in [-0.1, -0.05) is 12.1 Å². The molecule has 0 spiro atoms. The summed E-state index contributed by atoms with van der Waals surface area (Å²) in [6.07, 6.45) is -0.325. The van der Waals surface area contributed by atoms with Crippen molar-refractivity contribution in [3.8, 4) is 17.6 Å². The molecule has 8 nitrogen and oxygen atoms in total. The second-order valence-corrected chi connectivity index (χ2v) is 9.10. The second kappa shape index (κ2) is 9.70. The third kappa shape index (κ3) is 4.71. The Balaban J connectivity index is 1.29. The highest BCUT2D eigenvalue weighted by molar-refractivity contribution is 6.04. The molecule has 0 amide bonds. The largest absolute Gasteiger partial charge is 0.490 e. The van der Waals surface area contributed by atoms with Crippen LogP contribution < -0.4 is 14.4 Å². The van der Waals surface area contributed by atoms with Gasteiger partial charge in [-0.05, 0) is 61.0 Å². The minimum Gasteiger partial charge on any atom is -0.490 e. The molecule has 1 unspecified atom stereocenters. The first-order chi connectivity index (χ1) is 17.8. The first-order valence-corrected chi connectivity index (χ1v) is 11.9. The molecule has 0 aliphatic carbocycles. The van der Waals surface area contributed by atoms with Gasteiger partial charge in [-0.25, -0.2) is 0 Å². The van der Waals surface area contributed by atoms with E-state index in [1.807, 2.05) is 32.2 Å². The highest BCUT2D eigenvalue weighted by Gasteiger charge is 2.24. The maximum atomic E-state index is 13.4. The van der Waals surface area contributed by atoms with Crippen LogP contribution in [0.1, 0.15) is 27.2 Å². The van der Waals surface area contributed by atoms with Gasteiger partial charge in [0.05, 0.1) is 35.8 Å². The number of rotatable bonds is 6. The van der Waals surface area contributed by atoms with Crippen LogP contribution in [0.2, 0.25) is 0 Å². The van der Waals surface area contributed by atoms with Crippen LogP contribution in [0.4, 0.5) is 5.69 Å². The van der Waals surface area contributed by atoms with Gasteiger partial charge in [0.15, 0.2) is 0 Å². The molecule has 0 saturated heterocycles. The fourth-order valence-corrected chi connectivity index (χ4v) is 4.72. The molecular formula is C29H25N3O5. The van der Waals surface area contributed by atoms with E-state index in [0.717, 1.165) is 16.8 Å². The molecule has 37 heavy (non-hydrogen) atoms. The monoisotopic (exact) mass is 495 g/mol. The van der Waals surface area contributed by atoms with Crippen LogP contribution >= 0.6 is 0 Å². The standard InChI is InChI=1S/C29H25N3O5/c1-18-12-24-21(14-28(33)34)4-3-5-25(24)32(18)29(35)20-7-9-22(10-8-20)36-17-23-16-31(2)26-11-6-19(15-30)13-27(26)37-23/h3-13,23H,14,16-17H2,1-2H3,(H,33,34). The van der Waals surface area contributed by atoms with Crippen LogP contribution in [-0.4, -0.2) is 47.9 Å². The molecule has 0 fully saturated rings. The van der Waals surface area contributed by atoms with Crippen LogP contribution in [0.3, 0.4) is 0 Å². The normalized spacial score (nSPS) is 14.5. The van der Waals surface area contributed by atoms with Crippen molar-refractivity contribution in [1.29, 1.82) is 5.26 Å². The summed E-state index contributed by atoms with van der Waals surface area (Å²) in [5.74, 6) is 0.148. The van der Waals surface area contributed by atoms with E-state index >= 15 is 0 Å². The quantitative estimate of drug-likeness (QED) is 0.422. The maximum Gasteiger partial charge on any atom is 0.307 e. The van der Waals surface area contributed by atoms with Crippen molar-refractivity contribution < 1.29 is 24.2 Å². The number of fused-ring (bicyclic) bond motifs is 2. The molecule has 0 saturated carbocycles. The van der Waals surface area contributed by atoms with Gasteiger partial charge in [-0.3, -0.25) is 14.2 Å². The second-order valence-electron chi connectivity index (χ2n) is 9.10. The zero-order valence-corrected chi connectivity index (χ0v) is 20.5. The van der Waals surface area contributed by atoms with E-state index in [0.29, 0.717) is 46.9 Å². The fraction of sp³-hybridized carbons (Fsp3) is 0.207. The van der Waals surface area contributed by atoms with Crippen molar-refractivity contribution in [2.45, 2.75) is 19.4 Å². The zero-order valence-electron chi connectivity index (χ0n) is 20.5. The first-order valence-electron chi connectivity index (χ1n) is 11.9. The predicted octanol–water partition coefficient (Wildman–Crippen LogP) is 4.41. The molecule has 1 N–H and O–H groups in total. The Hall–Kier alpha value is -4.77. The Labute approximate surface area is 213 Å². The number of carboxylic acids is 1. The Morgan fingerprint density at radius 3 is 2.65 bits per heavy atom. The predicted molar refractivity (Wildman–Crippen MR) is 139 cm³/mol. The summed E-state index contributed by atoms with van der Waals surface area (Å²) in [6.45, 7) is 2.78. The van der Waals surface area contributed by atoms with Crippen molar-refractivity contribution in [2.24, 2.45) is 0 Å². The molecule has 8 heteroatoms. The van der Waals surface area contributed by atoms with Crippen LogP contribution in [-0.2, 0) is 11.2 Å². The fourth-order valence-electron chi connectivity index (χ4n) is 4.72. The third-order valence-corrected chi connectivity index (χ3v) is 6.47. The number of benzene rings is 3. The zero-order chi connectivity index (χ0) is 26.1. The Morgan fingerprint density at radius 2 is 1.92 bits per heavy atom. The van der Waals surface area contributed by atoms with Gasteiger partial charge in [-0.15, -0.1) is 0 Å². The van der Waals surface area contributed by atoms with E-state index in [4.69, 9.17) is 14.7 Å². The molecule has 2 heterocycles. The van der Waals surface area contributed by atoms with Crippen molar-refractivity contribution in [3.05, 3.63) is 89.1 Å². The molecule has 0 bridgehead atoms. The highest BCUT2D eigenvalue weighted by Crippen LogP contribution is 2.33. The summed E-state index contributed by atoms with van der Waals surface area (Å²) in [5.41, 5.74) is 4.05. The molecular weight excluding hydrogens is 470 g/mol. The van der Waals surface area contributed by atoms with Gasteiger partial charge in [0.2, 0.25) is 0 Å². The van der Waals surface area contributed by atoms with Crippen LogP contribution in [0.5, 0.6) is 11.5 Å². The van der Waals surface area contributed by atoms with Gasteiger partial charge in [0.1, 0.15) is 24.2 Å². The van der Waals surface area contributed by atoms with E-state index in [9.17, 15) is 14.7 Å². The molecule has 186 valence electrons. The lowest BCUT2D eigenvalue weighted by Crippen LogP contribution is -2.41. The number of aromatic nitrogens is 1. The average molecular weight is 496 g/mol. The minimum absolute atomic E-state index is 0.105. The number of nitriles is 1. The smallest absolute Gasteiger partial charge is 0.307 e. The van der Waals surface area contributed by atoms with E-state index in [-0.39, 0.29) is 18.4 Å². The van der Waals surface area contributed by atoms with Gasteiger partial charge in [0, 0.05) is 29.8 Å². The first kappa shape index (κ1) is 23.9. The molecule has 1 atom stereocenters. The van der Waals surface area contributed by atoms with Gasteiger partial charge >= 0.3 is 5.97 Å². The molecule has 1 aromatic heterocycles. The lowest BCUT2D eigenvalue weighted by molar-refractivity contribution is -0.136.